The molecule has 1 aromatic rings. The SMILES string of the molecule is CC1CCCCC1CN=C1NC(c2ccccc2)CS1. The predicted octanol–water partition coefficient (Wildman–Crippen LogP) is 4.25. The van der Waals surface area contributed by atoms with Gasteiger partial charge < -0.3 is 5.32 Å². The predicted molar refractivity (Wildman–Crippen MR) is 88.2 cm³/mol. The Hall–Kier alpha value is -0.960. The summed E-state index contributed by atoms with van der Waals surface area (Å²) in [5.41, 5.74) is 1.37. The van der Waals surface area contributed by atoms with Gasteiger partial charge in [0.25, 0.3) is 0 Å². The number of hydrogen-bond acceptors (Lipinski definition) is 2. The van der Waals surface area contributed by atoms with E-state index in [0.717, 1.165) is 29.3 Å². The lowest BCUT2D eigenvalue weighted by molar-refractivity contribution is 0.264. The standard InChI is InChI=1S/C17H24N2S/c1-13-7-5-6-10-15(13)11-18-17-19-16(12-20-17)14-8-3-2-4-9-14/h2-4,8-9,13,15-16H,5-7,10-12H2,1H3,(H,18,19). The molecule has 0 amide bonds. The van der Waals surface area contributed by atoms with E-state index in [1.54, 1.807) is 0 Å². The van der Waals surface area contributed by atoms with E-state index in [9.17, 15) is 0 Å². The molecule has 0 aromatic heterocycles. The molecule has 2 aliphatic rings. The van der Waals surface area contributed by atoms with E-state index in [0.29, 0.717) is 6.04 Å². The molecule has 0 spiro atoms. The molecule has 1 saturated carbocycles. The fourth-order valence-corrected chi connectivity index (χ4v) is 4.21. The molecule has 20 heavy (non-hydrogen) atoms. The van der Waals surface area contributed by atoms with Crippen molar-refractivity contribution < 1.29 is 0 Å². The van der Waals surface area contributed by atoms with Crippen LogP contribution in [0.3, 0.4) is 0 Å². The second-order valence-corrected chi connectivity index (χ2v) is 7.09. The van der Waals surface area contributed by atoms with Crippen molar-refractivity contribution in [3.63, 3.8) is 0 Å². The molecule has 3 atom stereocenters. The minimum Gasteiger partial charge on any atom is -0.357 e. The maximum atomic E-state index is 4.84. The number of benzene rings is 1. The van der Waals surface area contributed by atoms with Crippen LogP contribution in [0.1, 0.15) is 44.2 Å². The van der Waals surface area contributed by atoms with E-state index in [1.165, 1.54) is 31.2 Å². The van der Waals surface area contributed by atoms with Crippen molar-refractivity contribution in [2.75, 3.05) is 12.3 Å². The average molecular weight is 288 g/mol. The van der Waals surface area contributed by atoms with Gasteiger partial charge in [0.1, 0.15) is 0 Å². The smallest absolute Gasteiger partial charge is 0.157 e. The molecule has 1 aromatic carbocycles. The van der Waals surface area contributed by atoms with Gasteiger partial charge in [0, 0.05) is 12.3 Å². The van der Waals surface area contributed by atoms with Crippen molar-refractivity contribution >= 4 is 16.9 Å². The summed E-state index contributed by atoms with van der Waals surface area (Å²) < 4.78 is 0. The van der Waals surface area contributed by atoms with Gasteiger partial charge in [-0.25, -0.2) is 0 Å². The topological polar surface area (TPSA) is 24.4 Å². The first kappa shape index (κ1) is 14.0. The van der Waals surface area contributed by atoms with Gasteiger partial charge in [-0.2, -0.15) is 0 Å². The highest BCUT2D eigenvalue weighted by molar-refractivity contribution is 8.14. The van der Waals surface area contributed by atoms with E-state index >= 15 is 0 Å². The molecule has 1 heterocycles. The first-order chi connectivity index (χ1) is 9.83. The van der Waals surface area contributed by atoms with E-state index < -0.39 is 0 Å². The van der Waals surface area contributed by atoms with Crippen LogP contribution in [0, 0.1) is 11.8 Å². The Balaban J connectivity index is 1.55. The summed E-state index contributed by atoms with van der Waals surface area (Å²) in [6.45, 7) is 3.41. The number of aliphatic imine (C=N–C) groups is 1. The van der Waals surface area contributed by atoms with Gasteiger partial charge in [0.15, 0.2) is 5.17 Å². The second kappa shape index (κ2) is 6.66. The molecule has 0 radical (unpaired) electrons. The number of amidine groups is 1. The van der Waals surface area contributed by atoms with Crippen molar-refractivity contribution in [3.8, 4) is 0 Å². The van der Waals surface area contributed by atoms with Gasteiger partial charge in [0.2, 0.25) is 0 Å². The highest BCUT2D eigenvalue weighted by Gasteiger charge is 2.24. The number of nitrogens with zero attached hydrogens (tertiary/aromatic N) is 1. The van der Waals surface area contributed by atoms with Crippen LogP contribution in [0.25, 0.3) is 0 Å². The van der Waals surface area contributed by atoms with Crippen LogP contribution in [0.2, 0.25) is 0 Å². The van der Waals surface area contributed by atoms with Crippen molar-refractivity contribution in [1.82, 2.24) is 5.32 Å². The summed E-state index contributed by atoms with van der Waals surface area (Å²) in [6, 6.07) is 11.1. The molecule has 1 aliphatic heterocycles. The summed E-state index contributed by atoms with van der Waals surface area (Å²) >= 11 is 1.87. The van der Waals surface area contributed by atoms with Crippen LogP contribution in [-0.4, -0.2) is 17.5 Å². The second-order valence-electron chi connectivity index (χ2n) is 6.09. The summed E-state index contributed by atoms with van der Waals surface area (Å²) in [7, 11) is 0. The zero-order chi connectivity index (χ0) is 13.8. The minimum atomic E-state index is 0.434. The Morgan fingerprint density at radius 3 is 2.80 bits per heavy atom. The molecular formula is C17H24N2S. The van der Waals surface area contributed by atoms with Crippen molar-refractivity contribution in [1.29, 1.82) is 0 Å². The molecule has 3 unspecified atom stereocenters. The minimum absolute atomic E-state index is 0.434. The number of hydrogen-bond donors (Lipinski definition) is 1. The van der Waals surface area contributed by atoms with Gasteiger partial charge >= 0.3 is 0 Å². The van der Waals surface area contributed by atoms with Gasteiger partial charge in [-0.3, -0.25) is 4.99 Å². The van der Waals surface area contributed by atoms with Crippen molar-refractivity contribution in [3.05, 3.63) is 35.9 Å². The summed E-state index contributed by atoms with van der Waals surface area (Å²) in [5, 5.41) is 4.72. The van der Waals surface area contributed by atoms with Gasteiger partial charge in [-0.1, -0.05) is 68.3 Å². The molecule has 2 fully saturated rings. The highest BCUT2D eigenvalue weighted by atomic mass is 32.2. The molecular weight excluding hydrogens is 264 g/mol. The number of rotatable bonds is 3. The Bertz CT molecular complexity index is 457. The van der Waals surface area contributed by atoms with Crippen LogP contribution in [-0.2, 0) is 0 Å². The third-order valence-corrected chi connectivity index (χ3v) is 5.67. The normalized spacial score (nSPS) is 32.2. The average Bonchev–Trinajstić information content (AvgIpc) is 2.96. The van der Waals surface area contributed by atoms with E-state index in [4.69, 9.17) is 4.99 Å². The van der Waals surface area contributed by atoms with E-state index in [1.807, 2.05) is 11.8 Å². The third-order valence-electron chi connectivity index (χ3n) is 4.64. The van der Waals surface area contributed by atoms with Crippen LogP contribution in [0.15, 0.2) is 35.3 Å². The van der Waals surface area contributed by atoms with Crippen LogP contribution >= 0.6 is 11.8 Å². The van der Waals surface area contributed by atoms with Gasteiger partial charge in [-0.05, 0) is 23.8 Å². The van der Waals surface area contributed by atoms with Crippen LogP contribution < -0.4 is 5.32 Å². The Morgan fingerprint density at radius 2 is 2.00 bits per heavy atom. The van der Waals surface area contributed by atoms with Crippen LogP contribution in [0.4, 0.5) is 0 Å². The summed E-state index contributed by atoms with van der Waals surface area (Å²) in [6.07, 6.45) is 5.57. The van der Waals surface area contributed by atoms with Crippen LogP contribution in [0.5, 0.6) is 0 Å². The lowest BCUT2D eigenvalue weighted by atomic mass is 9.80. The Labute approximate surface area is 126 Å². The molecule has 1 aliphatic carbocycles. The van der Waals surface area contributed by atoms with Crippen molar-refractivity contribution in [2.24, 2.45) is 16.8 Å². The third kappa shape index (κ3) is 3.38. The van der Waals surface area contributed by atoms with E-state index in [-0.39, 0.29) is 0 Å². The summed E-state index contributed by atoms with van der Waals surface area (Å²) in [5.74, 6) is 2.75. The maximum absolute atomic E-state index is 4.84. The zero-order valence-corrected chi connectivity index (χ0v) is 13.0. The Morgan fingerprint density at radius 1 is 1.20 bits per heavy atom. The molecule has 0 bridgehead atoms. The van der Waals surface area contributed by atoms with Gasteiger partial charge in [-0.15, -0.1) is 0 Å². The zero-order valence-electron chi connectivity index (χ0n) is 12.2. The lowest BCUT2D eigenvalue weighted by Crippen LogP contribution is -2.23. The summed E-state index contributed by atoms with van der Waals surface area (Å²) in [4.78, 5) is 4.84. The lowest BCUT2D eigenvalue weighted by Gasteiger charge is -2.27. The number of nitrogens with one attached hydrogen (secondary N) is 1. The fraction of sp³-hybridized carbons (Fsp3) is 0.588. The molecule has 1 saturated heterocycles. The molecule has 1 N–H and O–H groups in total. The van der Waals surface area contributed by atoms with E-state index in [2.05, 4.69) is 42.6 Å². The largest absolute Gasteiger partial charge is 0.357 e. The molecule has 3 rings (SSSR count). The van der Waals surface area contributed by atoms with Crippen molar-refractivity contribution in [2.45, 2.75) is 38.6 Å². The molecule has 3 heteroatoms. The fourth-order valence-electron chi connectivity index (χ4n) is 3.22. The number of thioether (sulfide) groups is 1. The quantitative estimate of drug-likeness (QED) is 0.899. The molecule has 108 valence electrons. The molecule has 2 nitrogen and oxygen atoms in total. The Kier molecular flexibility index (Phi) is 4.66. The monoisotopic (exact) mass is 288 g/mol. The first-order valence-electron chi connectivity index (χ1n) is 7.81. The van der Waals surface area contributed by atoms with Gasteiger partial charge in [0.05, 0.1) is 6.04 Å². The highest BCUT2D eigenvalue weighted by Crippen LogP contribution is 2.31. The first-order valence-corrected chi connectivity index (χ1v) is 8.80. The maximum Gasteiger partial charge on any atom is 0.157 e.